The van der Waals surface area contributed by atoms with E-state index in [1.165, 1.54) is 0 Å². The second kappa shape index (κ2) is 3.79. The van der Waals surface area contributed by atoms with E-state index in [-0.39, 0.29) is 12.0 Å². The Hall–Kier alpha value is -1.16. The van der Waals surface area contributed by atoms with Crippen LogP contribution in [0.3, 0.4) is 0 Å². The number of hydrogen-bond donors (Lipinski definition) is 1. The van der Waals surface area contributed by atoms with Gasteiger partial charge in [-0.25, -0.2) is 4.79 Å². The molecule has 0 aromatic rings. The molecule has 1 saturated heterocycles. The van der Waals surface area contributed by atoms with Gasteiger partial charge in [0.25, 0.3) is 0 Å². The molecule has 1 fully saturated rings. The molecule has 1 heterocycles. The van der Waals surface area contributed by atoms with Crippen LogP contribution in [0.2, 0.25) is 0 Å². The van der Waals surface area contributed by atoms with Gasteiger partial charge in [-0.05, 0) is 0 Å². The van der Waals surface area contributed by atoms with E-state index in [0.717, 1.165) is 7.11 Å². The molecule has 4 heteroatoms. The maximum absolute atomic E-state index is 10.2. The minimum Gasteiger partial charge on any atom is -0.400 e. The van der Waals surface area contributed by atoms with E-state index in [1.54, 1.807) is 0 Å². The number of aliphatic hydroxyl groups excluding tert-OH is 1. The lowest BCUT2D eigenvalue weighted by atomic mass is 10.3. The molecule has 10 heavy (non-hydrogen) atoms. The number of aliphatic hydroxyl groups is 1. The van der Waals surface area contributed by atoms with Crippen LogP contribution in [-0.2, 0) is 14.3 Å². The molecule has 0 aromatic carbocycles. The normalized spacial score (nSPS) is 16.0. The van der Waals surface area contributed by atoms with Gasteiger partial charge in [0.1, 0.15) is 0 Å². The number of carbonyl (C=O) groups excluding carboxylic acids is 2. The Kier molecular flexibility index (Phi) is 3.35. The summed E-state index contributed by atoms with van der Waals surface area (Å²) in [5, 5.41) is 7.00. The highest BCUT2D eigenvalue weighted by molar-refractivity contribution is 6.05. The summed E-state index contributed by atoms with van der Waals surface area (Å²) in [6.07, 6.45) is 0.0544. The highest BCUT2D eigenvalue weighted by Gasteiger charge is 2.24. The van der Waals surface area contributed by atoms with Crippen LogP contribution in [0.5, 0.6) is 0 Å². The van der Waals surface area contributed by atoms with Gasteiger partial charge in [-0.2, -0.15) is 0 Å². The van der Waals surface area contributed by atoms with Gasteiger partial charge in [-0.15, -0.1) is 0 Å². The smallest absolute Gasteiger partial charge is 0.341 e. The lowest BCUT2D eigenvalue weighted by molar-refractivity contribution is -0.151. The Labute approximate surface area is 58.1 Å². The maximum Gasteiger partial charge on any atom is 0.341 e. The maximum atomic E-state index is 10.2. The molecule has 1 aliphatic rings. The molecule has 0 aromatic heterocycles. The first kappa shape index (κ1) is 8.84. The summed E-state index contributed by atoms with van der Waals surface area (Å²) in [5.41, 5.74) is 0.245. The molecular formula is C6H8O4. The number of esters is 2. The van der Waals surface area contributed by atoms with Crippen molar-refractivity contribution >= 4 is 11.9 Å². The van der Waals surface area contributed by atoms with E-state index in [0.29, 0.717) is 0 Å². The fraction of sp³-hybridized carbons (Fsp3) is 0.333. The zero-order valence-corrected chi connectivity index (χ0v) is 5.59. The van der Waals surface area contributed by atoms with Crippen LogP contribution in [-0.4, -0.2) is 24.2 Å². The van der Waals surface area contributed by atoms with Crippen molar-refractivity contribution in [1.82, 2.24) is 0 Å². The number of ether oxygens (including phenoxy) is 1. The molecule has 1 N–H and O–H groups in total. The number of carbonyl (C=O) groups is 2. The van der Waals surface area contributed by atoms with Crippen molar-refractivity contribution in [3.8, 4) is 0 Å². The molecule has 0 unspecified atom stereocenters. The summed E-state index contributed by atoms with van der Waals surface area (Å²) in [7, 11) is 1.00. The summed E-state index contributed by atoms with van der Waals surface area (Å²) in [4.78, 5) is 20.4. The quantitative estimate of drug-likeness (QED) is 0.286. The number of hydrogen-bond acceptors (Lipinski definition) is 4. The van der Waals surface area contributed by atoms with Gasteiger partial charge in [0.05, 0.1) is 6.42 Å². The van der Waals surface area contributed by atoms with Gasteiger partial charge in [0.15, 0.2) is 0 Å². The van der Waals surface area contributed by atoms with Crippen LogP contribution in [0.4, 0.5) is 0 Å². The van der Waals surface area contributed by atoms with Crippen molar-refractivity contribution in [2.75, 3.05) is 7.11 Å². The molecule has 4 nitrogen and oxygen atoms in total. The average molecular weight is 144 g/mol. The van der Waals surface area contributed by atoms with Crippen LogP contribution in [0.25, 0.3) is 0 Å². The minimum absolute atomic E-state index is 0.0544. The zero-order chi connectivity index (χ0) is 8.15. The molecule has 0 saturated carbocycles. The third-order valence-corrected chi connectivity index (χ3v) is 0.853. The Bertz CT molecular complexity index is 153. The monoisotopic (exact) mass is 144 g/mol. The largest absolute Gasteiger partial charge is 0.400 e. The molecule has 56 valence electrons. The fourth-order valence-electron chi connectivity index (χ4n) is 0.458. The van der Waals surface area contributed by atoms with E-state index < -0.39 is 11.9 Å². The molecule has 1 aliphatic heterocycles. The van der Waals surface area contributed by atoms with E-state index in [2.05, 4.69) is 11.3 Å². The second-order valence-corrected chi connectivity index (χ2v) is 1.54. The molecule has 0 amide bonds. The predicted molar refractivity (Wildman–Crippen MR) is 33.0 cm³/mol. The summed E-state index contributed by atoms with van der Waals surface area (Å²) in [5.74, 6) is -1.09. The molecular weight excluding hydrogens is 136 g/mol. The van der Waals surface area contributed by atoms with Crippen molar-refractivity contribution in [1.29, 1.82) is 0 Å². The summed E-state index contributed by atoms with van der Waals surface area (Å²) >= 11 is 0. The standard InChI is InChI=1S/C5H4O3.CH4O/c1-3-2-4(6)8-5(3)7;1-2/h1-2H2;2H,1H3. The fourth-order valence-corrected chi connectivity index (χ4v) is 0.458. The Morgan fingerprint density at radius 2 is 2.00 bits per heavy atom. The molecule has 0 aliphatic carbocycles. The zero-order valence-electron chi connectivity index (χ0n) is 5.59. The van der Waals surface area contributed by atoms with Crippen LogP contribution in [0, 0.1) is 0 Å². The van der Waals surface area contributed by atoms with E-state index in [9.17, 15) is 9.59 Å². The van der Waals surface area contributed by atoms with Crippen LogP contribution in [0.15, 0.2) is 12.2 Å². The van der Waals surface area contributed by atoms with Crippen LogP contribution >= 0.6 is 0 Å². The SMILES string of the molecule is C=C1CC(=O)OC1=O.CO. The first-order valence-corrected chi connectivity index (χ1v) is 2.57. The van der Waals surface area contributed by atoms with Crippen molar-refractivity contribution in [2.45, 2.75) is 6.42 Å². The first-order valence-electron chi connectivity index (χ1n) is 2.57. The molecule has 0 radical (unpaired) electrons. The van der Waals surface area contributed by atoms with Gasteiger partial charge in [-0.3, -0.25) is 4.79 Å². The Morgan fingerprint density at radius 3 is 2.10 bits per heavy atom. The molecule has 0 bridgehead atoms. The van der Waals surface area contributed by atoms with Crippen molar-refractivity contribution in [2.24, 2.45) is 0 Å². The summed E-state index contributed by atoms with van der Waals surface area (Å²) in [6, 6.07) is 0. The molecule has 0 atom stereocenters. The Morgan fingerprint density at radius 1 is 1.50 bits per heavy atom. The Balaban J connectivity index is 0.000000371. The predicted octanol–water partition coefficient (Wildman–Crippen LogP) is -0.375. The summed E-state index contributed by atoms with van der Waals surface area (Å²) < 4.78 is 4.10. The third kappa shape index (κ3) is 1.99. The first-order chi connectivity index (χ1) is 4.70. The number of cyclic esters (lactones) is 2. The topological polar surface area (TPSA) is 63.6 Å². The number of rotatable bonds is 0. The summed E-state index contributed by atoms with van der Waals surface area (Å²) in [6.45, 7) is 3.29. The third-order valence-electron chi connectivity index (χ3n) is 0.853. The van der Waals surface area contributed by atoms with Gasteiger partial charge >= 0.3 is 11.9 Å². The van der Waals surface area contributed by atoms with E-state index in [4.69, 9.17) is 5.11 Å². The van der Waals surface area contributed by atoms with Gasteiger partial charge in [-0.1, -0.05) is 6.58 Å². The second-order valence-electron chi connectivity index (χ2n) is 1.54. The van der Waals surface area contributed by atoms with Crippen molar-refractivity contribution in [3.63, 3.8) is 0 Å². The highest BCUT2D eigenvalue weighted by Crippen LogP contribution is 2.10. The van der Waals surface area contributed by atoms with Crippen molar-refractivity contribution < 1.29 is 19.4 Å². The average Bonchev–Trinajstić information content (AvgIpc) is 2.16. The van der Waals surface area contributed by atoms with Crippen LogP contribution < -0.4 is 0 Å². The highest BCUT2D eigenvalue weighted by atomic mass is 16.6. The van der Waals surface area contributed by atoms with E-state index in [1.807, 2.05) is 0 Å². The molecule has 0 spiro atoms. The van der Waals surface area contributed by atoms with Crippen molar-refractivity contribution in [3.05, 3.63) is 12.2 Å². The molecule has 1 rings (SSSR count). The van der Waals surface area contributed by atoms with Crippen LogP contribution in [0.1, 0.15) is 6.42 Å². The van der Waals surface area contributed by atoms with Gasteiger partial charge in [0.2, 0.25) is 0 Å². The minimum atomic E-state index is -0.588. The lowest BCUT2D eigenvalue weighted by Crippen LogP contribution is -1.95. The van der Waals surface area contributed by atoms with Gasteiger partial charge in [0, 0.05) is 12.7 Å². The van der Waals surface area contributed by atoms with E-state index >= 15 is 0 Å². The lowest BCUT2D eigenvalue weighted by Gasteiger charge is -1.80. The van der Waals surface area contributed by atoms with Gasteiger partial charge < -0.3 is 9.84 Å².